The fraction of sp³-hybridized carbons (Fsp3) is 0.500. The van der Waals surface area contributed by atoms with Crippen molar-refractivity contribution >= 4 is 33.5 Å². The summed E-state index contributed by atoms with van der Waals surface area (Å²) in [6, 6.07) is 4.14. The van der Waals surface area contributed by atoms with Gasteiger partial charge < -0.3 is 4.90 Å². The Kier molecular flexibility index (Phi) is 3.70. The lowest BCUT2D eigenvalue weighted by atomic mass is 10.3. The molecule has 1 saturated heterocycles. The first-order valence-electron chi connectivity index (χ1n) is 4.80. The van der Waals surface area contributed by atoms with Crippen molar-refractivity contribution in [1.82, 2.24) is 4.98 Å². The van der Waals surface area contributed by atoms with Crippen LogP contribution in [0, 0.1) is 0 Å². The molecule has 0 bridgehead atoms. The highest BCUT2D eigenvalue weighted by Crippen LogP contribution is 2.18. The van der Waals surface area contributed by atoms with Crippen LogP contribution in [0.2, 0.25) is 0 Å². The summed E-state index contributed by atoms with van der Waals surface area (Å²) in [4.78, 5) is 6.78. The van der Waals surface area contributed by atoms with E-state index in [0.29, 0.717) is 0 Å². The first kappa shape index (κ1) is 10.3. The van der Waals surface area contributed by atoms with Gasteiger partial charge in [-0.2, -0.15) is 11.8 Å². The van der Waals surface area contributed by atoms with Gasteiger partial charge in [0.15, 0.2) is 0 Å². The molecule has 2 nitrogen and oxygen atoms in total. The van der Waals surface area contributed by atoms with Crippen LogP contribution >= 0.6 is 27.7 Å². The van der Waals surface area contributed by atoms with Crippen molar-refractivity contribution in [2.45, 2.75) is 6.42 Å². The van der Waals surface area contributed by atoms with Gasteiger partial charge in [0.25, 0.3) is 0 Å². The number of halogens is 1. The lowest BCUT2D eigenvalue weighted by Crippen LogP contribution is -2.26. The largest absolute Gasteiger partial charge is 0.356 e. The van der Waals surface area contributed by atoms with Crippen molar-refractivity contribution in [3.8, 4) is 0 Å². The number of nitrogens with zero attached hydrogens (tertiary/aromatic N) is 2. The van der Waals surface area contributed by atoms with Crippen LogP contribution in [0.15, 0.2) is 22.8 Å². The average molecular weight is 273 g/mol. The molecule has 1 aliphatic heterocycles. The number of thioether (sulfide) groups is 1. The van der Waals surface area contributed by atoms with Gasteiger partial charge in [-0.3, -0.25) is 0 Å². The highest BCUT2D eigenvalue weighted by atomic mass is 79.9. The second kappa shape index (κ2) is 5.03. The lowest BCUT2D eigenvalue weighted by molar-refractivity contribution is 0.801. The van der Waals surface area contributed by atoms with Crippen LogP contribution in [0.1, 0.15) is 6.42 Å². The van der Waals surface area contributed by atoms with Crippen molar-refractivity contribution in [1.29, 1.82) is 0 Å². The van der Waals surface area contributed by atoms with Gasteiger partial charge in [-0.05, 0) is 40.2 Å². The summed E-state index contributed by atoms with van der Waals surface area (Å²) in [7, 11) is 0. The summed E-state index contributed by atoms with van der Waals surface area (Å²) >= 11 is 5.44. The van der Waals surface area contributed by atoms with E-state index in [1.807, 2.05) is 18.0 Å². The molecule has 2 rings (SSSR count). The summed E-state index contributed by atoms with van der Waals surface area (Å²) in [5.41, 5.74) is 0. The van der Waals surface area contributed by atoms with Gasteiger partial charge in [-0.15, -0.1) is 0 Å². The average Bonchev–Trinajstić information content (AvgIpc) is 2.47. The van der Waals surface area contributed by atoms with Gasteiger partial charge in [0.2, 0.25) is 0 Å². The molecule has 0 aliphatic carbocycles. The molecule has 0 radical (unpaired) electrons. The molecule has 0 atom stereocenters. The van der Waals surface area contributed by atoms with Crippen LogP contribution in [0.4, 0.5) is 5.82 Å². The van der Waals surface area contributed by atoms with Gasteiger partial charge in [-0.25, -0.2) is 4.98 Å². The lowest BCUT2D eigenvalue weighted by Gasteiger charge is -2.20. The fourth-order valence-corrected chi connectivity index (χ4v) is 2.65. The minimum Gasteiger partial charge on any atom is -0.356 e. The summed E-state index contributed by atoms with van der Waals surface area (Å²) in [6.07, 6.45) is 3.13. The first-order valence-corrected chi connectivity index (χ1v) is 6.75. The summed E-state index contributed by atoms with van der Waals surface area (Å²) in [6.45, 7) is 2.26. The number of anilines is 1. The third-order valence-electron chi connectivity index (χ3n) is 2.26. The second-order valence-electron chi connectivity index (χ2n) is 3.29. The van der Waals surface area contributed by atoms with E-state index in [2.05, 4.69) is 37.9 Å². The van der Waals surface area contributed by atoms with E-state index in [-0.39, 0.29) is 0 Å². The summed E-state index contributed by atoms with van der Waals surface area (Å²) in [5.74, 6) is 3.61. The van der Waals surface area contributed by atoms with Crippen LogP contribution in [-0.2, 0) is 0 Å². The van der Waals surface area contributed by atoms with Crippen LogP contribution in [0.3, 0.4) is 0 Å². The Hall–Kier alpha value is -0.220. The van der Waals surface area contributed by atoms with Crippen molar-refractivity contribution in [3.05, 3.63) is 22.8 Å². The zero-order chi connectivity index (χ0) is 9.80. The highest BCUT2D eigenvalue weighted by Gasteiger charge is 2.10. The maximum absolute atomic E-state index is 4.41. The molecule has 0 amide bonds. The molecule has 1 aromatic heterocycles. The van der Waals surface area contributed by atoms with Crippen LogP contribution in [0.25, 0.3) is 0 Å². The summed E-state index contributed by atoms with van der Waals surface area (Å²) < 4.78 is 1.05. The number of hydrogen-bond donors (Lipinski definition) is 0. The van der Waals surface area contributed by atoms with E-state index in [1.165, 1.54) is 17.9 Å². The maximum Gasteiger partial charge on any atom is 0.128 e. The molecule has 0 saturated carbocycles. The van der Waals surface area contributed by atoms with Gasteiger partial charge in [-0.1, -0.05) is 0 Å². The van der Waals surface area contributed by atoms with Gasteiger partial charge in [0.1, 0.15) is 5.82 Å². The minimum absolute atomic E-state index is 1.05. The molecule has 1 aliphatic rings. The zero-order valence-corrected chi connectivity index (χ0v) is 10.4. The summed E-state index contributed by atoms with van der Waals surface area (Å²) in [5, 5.41) is 0. The third-order valence-corrected chi connectivity index (χ3v) is 3.78. The van der Waals surface area contributed by atoms with Crippen LogP contribution in [-0.4, -0.2) is 29.6 Å². The molecule has 4 heteroatoms. The Bertz CT molecular complexity index is 281. The third kappa shape index (κ3) is 2.64. The Balaban J connectivity index is 2.08. The van der Waals surface area contributed by atoms with Crippen molar-refractivity contribution in [2.75, 3.05) is 29.5 Å². The predicted molar refractivity (Wildman–Crippen MR) is 66.1 cm³/mol. The Morgan fingerprint density at radius 3 is 3.00 bits per heavy atom. The Morgan fingerprint density at radius 2 is 2.21 bits per heavy atom. The molecule has 0 N–H and O–H groups in total. The number of rotatable bonds is 1. The number of hydrogen-bond acceptors (Lipinski definition) is 3. The van der Waals surface area contributed by atoms with Gasteiger partial charge in [0.05, 0.1) is 0 Å². The maximum atomic E-state index is 4.41. The SMILES string of the molecule is Brc1ccc(N2CCCSCC2)nc1. The van der Waals surface area contributed by atoms with Crippen LogP contribution < -0.4 is 4.90 Å². The van der Waals surface area contributed by atoms with E-state index in [4.69, 9.17) is 0 Å². The second-order valence-corrected chi connectivity index (χ2v) is 5.43. The van der Waals surface area contributed by atoms with E-state index < -0.39 is 0 Å². The minimum atomic E-state index is 1.05. The Morgan fingerprint density at radius 1 is 1.29 bits per heavy atom. The molecule has 2 heterocycles. The first-order chi connectivity index (χ1) is 6.86. The molecule has 0 unspecified atom stereocenters. The van der Waals surface area contributed by atoms with Crippen molar-refractivity contribution in [3.63, 3.8) is 0 Å². The van der Waals surface area contributed by atoms with Crippen molar-refractivity contribution in [2.24, 2.45) is 0 Å². The quantitative estimate of drug-likeness (QED) is 0.782. The molecule has 0 aromatic carbocycles. The van der Waals surface area contributed by atoms with E-state index in [0.717, 1.165) is 23.4 Å². The molecule has 76 valence electrons. The normalized spacial score (nSPS) is 17.9. The monoisotopic (exact) mass is 272 g/mol. The standard InChI is InChI=1S/C10H13BrN2S/c11-9-2-3-10(12-8-9)13-4-1-6-14-7-5-13/h2-3,8H,1,4-7H2. The van der Waals surface area contributed by atoms with Gasteiger partial charge >= 0.3 is 0 Å². The fourth-order valence-electron chi connectivity index (χ4n) is 1.53. The molecule has 1 aromatic rings. The topological polar surface area (TPSA) is 16.1 Å². The molecular formula is C10H13BrN2S. The molecule has 1 fully saturated rings. The molecule has 0 spiro atoms. The number of aromatic nitrogens is 1. The predicted octanol–water partition coefficient (Wildman–Crippen LogP) is 2.79. The van der Waals surface area contributed by atoms with E-state index in [9.17, 15) is 0 Å². The zero-order valence-electron chi connectivity index (χ0n) is 7.95. The van der Waals surface area contributed by atoms with Crippen molar-refractivity contribution < 1.29 is 0 Å². The van der Waals surface area contributed by atoms with Gasteiger partial charge in [0, 0.05) is 29.5 Å². The van der Waals surface area contributed by atoms with E-state index >= 15 is 0 Å². The smallest absolute Gasteiger partial charge is 0.128 e. The molecular weight excluding hydrogens is 260 g/mol. The molecule has 14 heavy (non-hydrogen) atoms. The highest BCUT2D eigenvalue weighted by molar-refractivity contribution is 9.10. The Labute approximate surface area is 97.2 Å². The number of pyridine rings is 1. The van der Waals surface area contributed by atoms with E-state index in [1.54, 1.807) is 0 Å². The van der Waals surface area contributed by atoms with Crippen LogP contribution in [0.5, 0.6) is 0 Å².